The molecule has 1 unspecified atom stereocenters. The normalized spacial score (nSPS) is 22.0. The molecular weight excluding hydrogens is 224 g/mol. The van der Waals surface area contributed by atoms with E-state index in [2.05, 4.69) is 31.0 Å². The number of aliphatic hydroxyl groups excluding tert-OH is 1. The van der Waals surface area contributed by atoms with Gasteiger partial charge in [-0.15, -0.1) is 0 Å². The minimum atomic E-state index is -0.131. The van der Waals surface area contributed by atoms with E-state index < -0.39 is 0 Å². The molecule has 1 fully saturated rings. The first-order valence-corrected chi connectivity index (χ1v) is 7.71. The summed E-state index contributed by atoms with van der Waals surface area (Å²) in [5.74, 6) is 0.940. The van der Waals surface area contributed by atoms with E-state index in [1.807, 2.05) is 0 Å². The molecule has 3 heteroatoms. The average molecular weight is 256 g/mol. The summed E-state index contributed by atoms with van der Waals surface area (Å²) in [5.41, 5.74) is -0.131. The van der Waals surface area contributed by atoms with Crippen molar-refractivity contribution in [2.45, 2.75) is 58.4 Å². The van der Waals surface area contributed by atoms with Gasteiger partial charge in [-0.25, -0.2) is 0 Å². The lowest BCUT2D eigenvalue weighted by Gasteiger charge is -2.39. The monoisotopic (exact) mass is 256 g/mol. The molecule has 0 radical (unpaired) electrons. The molecule has 0 aliphatic carbocycles. The molecule has 1 atom stereocenters. The quantitative estimate of drug-likeness (QED) is 0.699. The Balaban J connectivity index is 2.33. The van der Waals surface area contributed by atoms with Crippen LogP contribution in [-0.4, -0.2) is 48.3 Å². The molecule has 108 valence electrons. The molecule has 0 amide bonds. The maximum Gasteiger partial charge on any atom is 0.0623 e. The van der Waals surface area contributed by atoms with Crippen molar-refractivity contribution in [1.29, 1.82) is 0 Å². The second kappa shape index (κ2) is 8.13. The van der Waals surface area contributed by atoms with Crippen molar-refractivity contribution in [3.63, 3.8) is 0 Å². The van der Waals surface area contributed by atoms with E-state index in [0.717, 1.165) is 25.4 Å². The van der Waals surface area contributed by atoms with E-state index in [1.165, 1.54) is 38.8 Å². The maximum atomic E-state index is 9.59. The second-order valence-corrected chi connectivity index (χ2v) is 6.15. The van der Waals surface area contributed by atoms with Gasteiger partial charge in [-0.2, -0.15) is 0 Å². The van der Waals surface area contributed by atoms with Gasteiger partial charge in [0.15, 0.2) is 0 Å². The average Bonchev–Trinajstić information content (AvgIpc) is 2.39. The zero-order valence-corrected chi connectivity index (χ0v) is 12.5. The van der Waals surface area contributed by atoms with Crippen LogP contribution in [0.25, 0.3) is 0 Å². The fraction of sp³-hybridized carbons (Fsp3) is 1.00. The van der Waals surface area contributed by atoms with Gasteiger partial charge in [0, 0.05) is 6.54 Å². The largest absolute Gasteiger partial charge is 0.394 e. The fourth-order valence-corrected chi connectivity index (χ4v) is 2.92. The van der Waals surface area contributed by atoms with Crippen LogP contribution in [0.3, 0.4) is 0 Å². The first kappa shape index (κ1) is 15.9. The lowest BCUT2D eigenvalue weighted by atomic mass is 9.91. The lowest BCUT2D eigenvalue weighted by molar-refractivity contribution is 0.0949. The van der Waals surface area contributed by atoms with Gasteiger partial charge < -0.3 is 15.3 Å². The molecular formula is C15H32N2O. The van der Waals surface area contributed by atoms with E-state index >= 15 is 0 Å². The minimum Gasteiger partial charge on any atom is -0.394 e. The Hall–Kier alpha value is -0.120. The summed E-state index contributed by atoms with van der Waals surface area (Å²) in [6.07, 6.45) is 6.50. The first-order chi connectivity index (χ1) is 8.63. The standard InChI is InChI=1S/C15H32N2O/c1-4-6-14-7-10-17(11-8-14)12-15(3,13-18)16-9-5-2/h14,16,18H,4-13H2,1-3H3. The lowest BCUT2D eigenvalue weighted by Crippen LogP contribution is -2.55. The predicted molar refractivity (Wildman–Crippen MR) is 77.9 cm³/mol. The van der Waals surface area contributed by atoms with Crippen molar-refractivity contribution in [3.05, 3.63) is 0 Å². The molecule has 1 aliphatic heterocycles. The first-order valence-electron chi connectivity index (χ1n) is 7.71. The van der Waals surface area contributed by atoms with Crippen molar-refractivity contribution in [2.75, 3.05) is 32.8 Å². The summed E-state index contributed by atoms with van der Waals surface area (Å²) in [5, 5.41) is 13.1. The van der Waals surface area contributed by atoms with E-state index in [0.29, 0.717) is 0 Å². The van der Waals surface area contributed by atoms with Gasteiger partial charge in [-0.3, -0.25) is 0 Å². The number of likely N-dealkylation sites (tertiary alicyclic amines) is 1. The molecule has 0 aromatic heterocycles. The van der Waals surface area contributed by atoms with Crippen LogP contribution in [0.1, 0.15) is 52.9 Å². The Labute approximate surface area is 113 Å². The van der Waals surface area contributed by atoms with Gasteiger partial charge in [0.1, 0.15) is 0 Å². The molecule has 1 rings (SSSR count). The molecule has 1 heterocycles. The van der Waals surface area contributed by atoms with Crippen molar-refractivity contribution >= 4 is 0 Å². The highest BCUT2D eigenvalue weighted by Crippen LogP contribution is 2.22. The summed E-state index contributed by atoms with van der Waals surface area (Å²) < 4.78 is 0. The number of rotatable bonds is 8. The van der Waals surface area contributed by atoms with Crippen molar-refractivity contribution in [2.24, 2.45) is 5.92 Å². The van der Waals surface area contributed by atoms with Crippen LogP contribution in [0.5, 0.6) is 0 Å². The minimum absolute atomic E-state index is 0.131. The number of nitrogens with one attached hydrogen (secondary N) is 1. The van der Waals surface area contributed by atoms with Crippen LogP contribution in [0, 0.1) is 5.92 Å². The predicted octanol–water partition coefficient (Wildman–Crippen LogP) is 2.25. The van der Waals surface area contributed by atoms with Gasteiger partial charge >= 0.3 is 0 Å². The molecule has 0 aromatic carbocycles. The molecule has 0 spiro atoms. The van der Waals surface area contributed by atoms with Crippen molar-refractivity contribution in [3.8, 4) is 0 Å². The van der Waals surface area contributed by atoms with Gasteiger partial charge in [0.25, 0.3) is 0 Å². The highest BCUT2D eigenvalue weighted by atomic mass is 16.3. The molecule has 0 bridgehead atoms. The Morgan fingerprint density at radius 3 is 2.39 bits per heavy atom. The number of aliphatic hydroxyl groups is 1. The van der Waals surface area contributed by atoms with Gasteiger partial charge in [-0.05, 0) is 51.7 Å². The summed E-state index contributed by atoms with van der Waals surface area (Å²) in [6.45, 7) is 11.2. The van der Waals surface area contributed by atoms with E-state index in [1.54, 1.807) is 0 Å². The summed E-state index contributed by atoms with van der Waals surface area (Å²) in [6, 6.07) is 0. The summed E-state index contributed by atoms with van der Waals surface area (Å²) >= 11 is 0. The van der Waals surface area contributed by atoms with E-state index in [9.17, 15) is 5.11 Å². The molecule has 1 saturated heterocycles. The Bertz CT molecular complexity index is 215. The molecule has 0 aromatic rings. The zero-order chi connectivity index (χ0) is 13.4. The third-order valence-electron chi connectivity index (χ3n) is 4.13. The fourth-order valence-electron chi connectivity index (χ4n) is 2.92. The second-order valence-electron chi connectivity index (χ2n) is 6.15. The van der Waals surface area contributed by atoms with E-state index in [4.69, 9.17) is 0 Å². The Kier molecular flexibility index (Phi) is 7.20. The van der Waals surface area contributed by atoms with Gasteiger partial charge in [-0.1, -0.05) is 26.7 Å². The molecule has 3 nitrogen and oxygen atoms in total. The highest BCUT2D eigenvalue weighted by molar-refractivity contribution is 4.87. The smallest absolute Gasteiger partial charge is 0.0623 e. The van der Waals surface area contributed by atoms with Crippen LogP contribution in [0.15, 0.2) is 0 Å². The summed E-state index contributed by atoms with van der Waals surface area (Å²) in [4.78, 5) is 2.52. The Morgan fingerprint density at radius 1 is 1.22 bits per heavy atom. The third-order valence-corrected chi connectivity index (χ3v) is 4.13. The van der Waals surface area contributed by atoms with Crippen molar-refractivity contribution < 1.29 is 5.11 Å². The van der Waals surface area contributed by atoms with Gasteiger partial charge in [0.2, 0.25) is 0 Å². The van der Waals surface area contributed by atoms with Crippen LogP contribution in [0.2, 0.25) is 0 Å². The Morgan fingerprint density at radius 2 is 1.89 bits per heavy atom. The van der Waals surface area contributed by atoms with Crippen LogP contribution >= 0.6 is 0 Å². The molecule has 1 aliphatic rings. The number of nitrogens with zero attached hydrogens (tertiary/aromatic N) is 1. The molecule has 18 heavy (non-hydrogen) atoms. The van der Waals surface area contributed by atoms with Crippen LogP contribution in [-0.2, 0) is 0 Å². The number of hydrogen-bond acceptors (Lipinski definition) is 3. The maximum absolute atomic E-state index is 9.59. The summed E-state index contributed by atoms with van der Waals surface area (Å²) in [7, 11) is 0. The number of hydrogen-bond donors (Lipinski definition) is 2. The highest BCUT2D eigenvalue weighted by Gasteiger charge is 2.27. The number of piperidine rings is 1. The SMILES string of the molecule is CCCNC(C)(CO)CN1CCC(CCC)CC1. The van der Waals surface area contributed by atoms with Crippen LogP contribution in [0.4, 0.5) is 0 Å². The van der Waals surface area contributed by atoms with Gasteiger partial charge in [0.05, 0.1) is 12.1 Å². The van der Waals surface area contributed by atoms with E-state index in [-0.39, 0.29) is 12.1 Å². The van der Waals surface area contributed by atoms with Crippen LogP contribution < -0.4 is 5.32 Å². The molecule has 2 N–H and O–H groups in total. The topological polar surface area (TPSA) is 35.5 Å². The third kappa shape index (κ3) is 5.25. The molecule has 0 saturated carbocycles. The van der Waals surface area contributed by atoms with Crippen molar-refractivity contribution in [1.82, 2.24) is 10.2 Å². The zero-order valence-electron chi connectivity index (χ0n) is 12.5.